The quantitative estimate of drug-likeness (QED) is 0.0353. The molecule has 0 aromatic heterocycles. The number of nitrogens with one attached hydrogen (secondary N) is 4. The van der Waals surface area contributed by atoms with E-state index >= 15 is 0 Å². The van der Waals surface area contributed by atoms with Crippen molar-refractivity contribution in [3.05, 3.63) is 129 Å². The van der Waals surface area contributed by atoms with Gasteiger partial charge in [-0.3, -0.25) is 28.8 Å². The molecule has 5 aromatic carbocycles. The summed E-state index contributed by atoms with van der Waals surface area (Å²) >= 11 is 30.9. The van der Waals surface area contributed by atoms with Crippen LogP contribution in [0.15, 0.2) is 111 Å². The van der Waals surface area contributed by atoms with Gasteiger partial charge in [-0.2, -0.15) is 20.5 Å². The van der Waals surface area contributed by atoms with Crippen LogP contribution in [0.2, 0.25) is 10.0 Å². The van der Waals surface area contributed by atoms with Gasteiger partial charge in [0.2, 0.25) is 12.1 Å². The van der Waals surface area contributed by atoms with Crippen molar-refractivity contribution in [3.63, 3.8) is 0 Å². The zero-order valence-corrected chi connectivity index (χ0v) is 39.2. The van der Waals surface area contributed by atoms with E-state index in [2.05, 4.69) is 41.7 Å². The SMILES string of the molecule is COc1cc(CCl)cc(NC(=O)c2ccc(Cl)c(N=NC(C(C)=O)C(=O)Nc3ccc(NC(=O)C(N=Nc4cc(C(=O)Nc5cc(CCl)cc(OC)c5)ccc4Cl)C(C)=O)c(CCl)c3)c2)c1. The molecule has 5 aromatic rings. The molecule has 5 rings (SSSR count). The Balaban J connectivity index is 1.26. The van der Waals surface area contributed by atoms with Gasteiger partial charge in [-0.1, -0.05) is 23.2 Å². The molecular weight excluding hydrogens is 958 g/mol. The van der Waals surface area contributed by atoms with E-state index < -0.39 is 47.3 Å². The van der Waals surface area contributed by atoms with Crippen LogP contribution in [0, 0.1) is 0 Å². The molecule has 0 saturated heterocycles. The van der Waals surface area contributed by atoms with Crippen LogP contribution in [0.3, 0.4) is 0 Å². The highest BCUT2D eigenvalue weighted by Crippen LogP contribution is 2.31. The number of hydrogen-bond acceptors (Lipinski definition) is 12. The number of ether oxygens (including phenoxy) is 2. The van der Waals surface area contributed by atoms with Crippen molar-refractivity contribution in [2.45, 2.75) is 43.6 Å². The predicted molar refractivity (Wildman–Crippen MR) is 255 cm³/mol. The number of ketones is 2. The molecule has 0 aliphatic rings. The van der Waals surface area contributed by atoms with E-state index in [9.17, 15) is 28.8 Å². The molecule has 0 fully saturated rings. The summed E-state index contributed by atoms with van der Waals surface area (Å²) in [5, 5.41) is 26.8. The third kappa shape index (κ3) is 13.6. The van der Waals surface area contributed by atoms with Crippen LogP contribution in [0.25, 0.3) is 0 Å². The van der Waals surface area contributed by atoms with Gasteiger partial charge >= 0.3 is 0 Å². The minimum atomic E-state index is -1.64. The van der Waals surface area contributed by atoms with Crippen LogP contribution in [-0.4, -0.2) is 61.5 Å². The summed E-state index contributed by atoms with van der Waals surface area (Å²) in [6.45, 7) is 2.29. The van der Waals surface area contributed by atoms with E-state index in [-0.39, 0.29) is 61.6 Å². The van der Waals surface area contributed by atoms with Crippen LogP contribution >= 0.6 is 58.0 Å². The van der Waals surface area contributed by atoms with Crippen molar-refractivity contribution in [1.82, 2.24) is 0 Å². The number of nitrogens with zero attached hydrogens (tertiary/aromatic N) is 4. The maximum Gasteiger partial charge on any atom is 0.258 e. The summed E-state index contributed by atoms with van der Waals surface area (Å²) in [7, 11) is 2.97. The van der Waals surface area contributed by atoms with Crippen LogP contribution in [0.1, 0.15) is 51.3 Å². The summed E-state index contributed by atoms with van der Waals surface area (Å²) in [4.78, 5) is 78.3. The first-order chi connectivity index (χ1) is 31.5. The van der Waals surface area contributed by atoms with Gasteiger partial charge in [0, 0.05) is 63.6 Å². The Kier molecular flexibility index (Phi) is 18.1. The second-order valence-corrected chi connectivity index (χ2v) is 15.7. The molecule has 66 heavy (non-hydrogen) atoms. The van der Waals surface area contributed by atoms with Crippen molar-refractivity contribution < 1.29 is 38.2 Å². The Morgan fingerprint density at radius 3 is 1.39 bits per heavy atom. The summed E-state index contributed by atoms with van der Waals surface area (Å²) < 4.78 is 10.6. The van der Waals surface area contributed by atoms with Gasteiger partial charge in [-0.05, 0) is 109 Å². The topological polar surface area (TPSA) is 218 Å². The van der Waals surface area contributed by atoms with E-state index in [0.717, 1.165) is 19.4 Å². The highest BCUT2D eigenvalue weighted by Gasteiger charge is 2.26. The molecule has 0 aliphatic heterocycles. The third-order valence-electron chi connectivity index (χ3n) is 9.25. The van der Waals surface area contributed by atoms with Gasteiger partial charge in [0.25, 0.3) is 23.6 Å². The number of halogens is 5. The zero-order chi connectivity index (χ0) is 48.1. The third-order valence-corrected chi connectivity index (χ3v) is 10.8. The number of Topliss-reactive ketones (excluding diaryl/α,β-unsaturated/α-hetero) is 2. The molecule has 21 heteroatoms. The second kappa shape index (κ2) is 23.7. The molecule has 4 amide bonds. The minimum absolute atomic E-state index is 0.00619. The number of methoxy groups -OCH3 is 2. The molecule has 0 bridgehead atoms. The van der Waals surface area contributed by atoms with Gasteiger partial charge in [0.1, 0.15) is 22.9 Å². The van der Waals surface area contributed by atoms with Gasteiger partial charge in [0.05, 0.1) is 24.3 Å². The first-order valence-corrected chi connectivity index (χ1v) is 21.7. The number of carbonyl (C=O) groups excluding carboxylic acids is 6. The lowest BCUT2D eigenvalue weighted by Crippen LogP contribution is -2.32. The molecule has 0 saturated carbocycles. The number of anilines is 4. The van der Waals surface area contributed by atoms with Gasteiger partial charge in [-0.25, -0.2) is 0 Å². The van der Waals surface area contributed by atoms with E-state index in [1.165, 1.54) is 68.8 Å². The molecule has 0 heterocycles. The maximum atomic E-state index is 13.4. The van der Waals surface area contributed by atoms with E-state index in [1.807, 2.05) is 0 Å². The molecule has 0 spiro atoms. The van der Waals surface area contributed by atoms with E-state index in [0.29, 0.717) is 34.0 Å². The smallest absolute Gasteiger partial charge is 0.258 e. The second-order valence-electron chi connectivity index (χ2n) is 14.1. The van der Waals surface area contributed by atoms with Crippen molar-refractivity contribution in [2.24, 2.45) is 20.5 Å². The fourth-order valence-electron chi connectivity index (χ4n) is 5.92. The maximum absolute atomic E-state index is 13.4. The highest BCUT2D eigenvalue weighted by atomic mass is 35.5. The molecule has 4 N–H and O–H groups in total. The van der Waals surface area contributed by atoms with Gasteiger partial charge in [-0.15, -0.1) is 34.8 Å². The number of carbonyl (C=O) groups is 6. The van der Waals surface area contributed by atoms with E-state index in [1.54, 1.807) is 36.4 Å². The first kappa shape index (κ1) is 50.6. The molecule has 342 valence electrons. The summed E-state index contributed by atoms with van der Waals surface area (Å²) in [5.41, 5.74) is 3.26. The Hall–Kier alpha value is -6.43. The number of amides is 4. The lowest BCUT2D eigenvalue weighted by atomic mass is 10.1. The predicted octanol–water partition coefficient (Wildman–Crippen LogP) is 11.1. The van der Waals surface area contributed by atoms with Crippen LogP contribution in [0.4, 0.5) is 34.1 Å². The molecule has 16 nitrogen and oxygen atoms in total. The van der Waals surface area contributed by atoms with Gasteiger partial charge < -0.3 is 30.7 Å². The molecule has 2 atom stereocenters. The number of rotatable bonds is 19. The van der Waals surface area contributed by atoms with Crippen LogP contribution in [-0.2, 0) is 36.8 Å². The number of alkyl halides is 3. The van der Waals surface area contributed by atoms with Gasteiger partial charge in [0.15, 0.2) is 11.6 Å². The number of azo groups is 2. The first-order valence-electron chi connectivity index (χ1n) is 19.4. The highest BCUT2D eigenvalue weighted by molar-refractivity contribution is 6.33. The normalized spacial score (nSPS) is 12.0. The van der Waals surface area contributed by atoms with Crippen molar-refractivity contribution in [1.29, 1.82) is 0 Å². The Morgan fingerprint density at radius 1 is 0.530 bits per heavy atom. The Morgan fingerprint density at radius 2 is 0.985 bits per heavy atom. The van der Waals surface area contributed by atoms with E-state index in [4.69, 9.17) is 67.5 Å². The Labute approximate surface area is 403 Å². The van der Waals surface area contributed by atoms with Crippen LogP contribution < -0.4 is 30.7 Å². The summed E-state index contributed by atoms with van der Waals surface area (Å²) in [6, 6.07) is 19.5. The molecule has 0 aliphatic carbocycles. The summed E-state index contributed by atoms with van der Waals surface area (Å²) in [6.07, 6.45) is 0. The fraction of sp³-hybridized carbons (Fsp3) is 0.200. The lowest BCUT2D eigenvalue weighted by Gasteiger charge is -2.15. The zero-order valence-electron chi connectivity index (χ0n) is 35.4. The van der Waals surface area contributed by atoms with Crippen molar-refractivity contribution in [3.8, 4) is 11.5 Å². The number of hydrogen-bond donors (Lipinski definition) is 4. The fourth-order valence-corrected chi connectivity index (χ4v) is 6.76. The molecule has 2 unspecified atom stereocenters. The number of benzene rings is 5. The molecular formula is C45H39Cl5N8O8. The van der Waals surface area contributed by atoms with Crippen molar-refractivity contribution in [2.75, 3.05) is 35.5 Å². The van der Waals surface area contributed by atoms with Crippen LogP contribution in [0.5, 0.6) is 11.5 Å². The average Bonchev–Trinajstić information content (AvgIpc) is 3.29. The minimum Gasteiger partial charge on any atom is -0.497 e. The largest absolute Gasteiger partial charge is 0.497 e. The van der Waals surface area contributed by atoms with Crippen molar-refractivity contribution >= 4 is 127 Å². The molecule has 0 radical (unpaired) electrons. The lowest BCUT2D eigenvalue weighted by molar-refractivity contribution is -0.127. The Bertz CT molecular complexity index is 2710. The standard InChI is InChI=1S/C45H39Cl5N8O8/c1-23(59)40(57-55-38-16-27(5-8-35(38)49)42(61)52-31-11-25(20-46)13-33(18-31)65-3)44(63)51-30-7-10-37(29(15-30)22-48)54-45(64)41(24(2)60)58-56-39-17-28(6-9-36(39)50)43(62)53-32-12-26(21-47)14-34(19-32)66-4/h5-19,40-41H,20-22H2,1-4H3,(H,51,63)(H,52,61)(H,53,62)(H,54,64). The monoisotopic (exact) mass is 994 g/mol. The summed E-state index contributed by atoms with van der Waals surface area (Å²) in [5.74, 6) is -2.89. The average molecular weight is 997 g/mol.